The number of nitrogens with two attached hydrogens (primary N) is 1. The lowest BCUT2D eigenvalue weighted by Gasteiger charge is -2.10. The molecule has 17 heavy (non-hydrogen) atoms. The maximum atomic E-state index is 5.55. The molecule has 0 bridgehead atoms. The fourth-order valence-corrected chi connectivity index (χ4v) is 1.76. The first-order valence-corrected chi connectivity index (χ1v) is 5.78. The van der Waals surface area contributed by atoms with Crippen LogP contribution in [-0.2, 0) is 0 Å². The molecule has 0 saturated carbocycles. The molecule has 3 heteroatoms. The second-order valence-electron chi connectivity index (χ2n) is 4.57. The Bertz CT molecular complexity index is 515. The topological polar surface area (TPSA) is 51.8 Å². The number of aryl methyl sites for hydroxylation is 1. The van der Waals surface area contributed by atoms with Crippen LogP contribution in [0, 0.1) is 6.92 Å². The molecule has 0 aliphatic rings. The molecule has 0 aliphatic heterocycles. The van der Waals surface area contributed by atoms with Gasteiger partial charge in [0, 0.05) is 5.56 Å². The minimum absolute atomic E-state index is 0.450. The van der Waals surface area contributed by atoms with Crippen molar-refractivity contribution in [1.29, 1.82) is 0 Å². The van der Waals surface area contributed by atoms with Gasteiger partial charge in [0.05, 0.1) is 5.69 Å². The van der Waals surface area contributed by atoms with Crippen LogP contribution in [0.5, 0.6) is 0 Å². The van der Waals surface area contributed by atoms with Gasteiger partial charge in [-0.05, 0) is 42.2 Å². The third-order valence-corrected chi connectivity index (χ3v) is 2.89. The van der Waals surface area contributed by atoms with Crippen molar-refractivity contribution >= 4 is 5.82 Å². The van der Waals surface area contributed by atoms with Crippen LogP contribution in [0.2, 0.25) is 0 Å². The third-order valence-electron chi connectivity index (χ3n) is 2.89. The lowest BCUT2D eigenvalue weighted by Crippen LogP contribution is -1.96. The Kier molecular flexibility index (Phi) is 3.09. The summed E-state index contributed by atoms with van der Waals surface area (Å²) in [5, 5.41) is 8.03. The lowest BCUT2D eigenvalue weighted by molar-refractivity contribution is 0.866. The Labute approximate surface area is 102 Å². The van der Waals surface area contributed by atoms with Crippen molar-refractivity contribution in [2.24, 2.45) is 0 Å². The zero-order valence-corrected chi connectivity index (χ0v) is 10.4. The Balaban J connectivity index is 2.50. The number of nitrogen functional groups attached to an aromatic ring is 1. The van der Waals surface area contributed by atoms with Gasteiger partial charge in [0.15, 0.2) is 0 Å². The Hall–Kier alpha value is -1.90. The molecular weight excluding hydrogens is 210 g/mol. The number of nitrogens with zero attached hydrogens (tertiary/aromatic N) is 2. The van der Waals surface area contributed by atoms with Crippen molar-refractivity contribution in [1.82, 2.24) is 10.2 Å². The Morgan fingerprint density at radius 1 is 1.06 bits per heavy atom. The van der Waals surface area contributed by atoms with E-state index < -0.39 is 0 Å². The summed E-state index contributed by atoms with van der Waals surface area (Å²) in [6, 6.07) is 10.2. The van der Waals surface area contributed by atoms with Crippen LogP contribution in [0.3, 0.4) is 0 Å². The zero-order chi connectivity index (χ0) is 12.4. The molecule has 1 aromatic heterocycles. The quantitative estimate of drug-likeness (QED) is 0.857. The minimum Gasteiger partial charge on any atom is -0.382 e. The SMILES string of the molecule is Cc1ccc(C(C)C)cc1-c1ccc(N)nn1. The van der Waals surface area contributed by atoms with Crippen LogP contribution >= 0.6 is 0 Å². The van der Waals surface area contributed by atoms with Crippen LogP contribution in [0.4, 0.5) is 5.82 Å². The monoisotopic (exact) mass is 227 g/mol. The first-order valence-electron chi connectivity index (χ1n) is 5.78. The Morgan fingerprint density at radius 2 is 1.82 bits per heavy atom. The summed E-state index contributed by atoms with van der Waals surface area (Å²) < 4.78 is 0. The van der Waals surface area contributed by atoms with E-state index in [1.165, 1.54) is 11.1 Å². The molecule has 0 amide bonds. The van der Waals surface area contributed by atoms with Crippen LogP contribution in [0.25, 0.3) is 11.3 Å². The summed E-state index contributed by atoms with van der Waals surface area (Å²) >= 11 is 0. The maximum absolute atomic E-state index is 5.55. The number of hydrogen-bond donors (Lipinski definition) is 1. The maximum Gasteiger partial charge on any atom is 0.146 e. The molecule has 1 heterocycles. The summed E-state index contributed by atoms with van der Waals surface area (Å²) in [5.74, 6) is 0.961. The minimum atomic E-state index is 0.450. The predicted molar refractivity (Wildman–Crippen MR) is 70.7 cm³/mol. The lowest BCUT2D eigenvalue weighted by atomic mass is 9.96. The van der Waals surface area contributed by atoms with Gasteiger partial charge in [-0.3, -0.25) is 0 Å². The molecule has 2 rings (SSSR count). The molecule has 0 fully saturated rings. The molecule has 88 valence electrons. The van der Waals surface area contributed by atoms with Gasteiger partial charge >= 0.3 is 0 Å². The second kappa shape index (κ2) is 4.53. The molecule has 2 aromatic rings. The number of anilines is 1. The molecule has 0 spiro atoms. The second-order valence-corrected chi connectivity index (χ2v) is 4.57. The first kappa shape index (κ1) is 11.6. The highest BCUT2D eigenvalue weighted by Gasteiger charge is 2.07. The summed E-state index contributed by atoms with van der Waals surface area (Å²) in [4.78, 5) is 0. The molecule has 0 radical (unpaired) electrons. The largest absolute Gasteiger partial charge is 0.382 e. The van der Waals surface area contributed by atoms with Crippen molar-refractivity contribution < 1.29 is 0 Å². The van der Waals surface area contributed by atoms with Gasteiger partial charge in [0.1, 0.15) is 5.82 Å². The van der Waals surface area contributed by atoms with E-state index >= 15 is 0 Å². The van der Waals surface area contributed by atoms with Gasteiger partial charge in [-0.15, -0.1) is 10.2 Å². The van der Waals surface area contributed by atoms with Gasteiger partial charge in [-0.2, -0.15) is 0 Å². The summed E-state index contributed by atoms with van der Waals surface area (Å²) in [7, 11) is 0. The third kappa shape index (κ3) is 2.44. The van der Waals surface area contributed by atoms with Gasteiger partial charge in [0.2, 0.25) is 0 Å². The fourth-order valence-electron chi connectivity index (χ4n) is 1.76. The molecule has 0 atom stereocenters. The molecule has 0 saturated heterocycles. The first-order chi connectivity index (χ1) is 8.08. The fraction of sp³-hybridized carbons (Fsp3) is 0.286. The van der Waals surface area contributed by atoms with Crippen LogP contribution in [0.15, 0.2) is 30.3 Å². The van der Waals surface area contributed by atoms with Gasteiger partial charge < -0.3 is 5.73 Å². The van der Waals surface area contributed by atoms with E-state index in [0.29, 0.717) is 11.7 Å². The van der Waals surface area contributed by atoms with Crippen molar-refractivity contribution in [3.63, 3.8) is 0 Å². The van der Waals surface area contributed by atoms with Crippen molar-refractivity contribution in [3.8, 4) is 11.3 Å². The zero-order valence-electron chi connectivity index (χ0n) is 10.4. The van der Waals surface area contributed by atoms with E-state index in [1.807, 2.05) is 6.07 Å². The van der Waals surface area contributed by atoms with Crippen LogP contribution in [-0.4, -0.2) is 10.2 Å². The predicted octanol–water partition coefficient (Wildman–Crippen LogP) is 3.16. The normalized spacial score (nSPS) is 10.8. The highest BCUT2D eigenvalue weighted by molar-refractivity contribution is 5.64. The van der Waals surface area contributed by atoms with Crippen LogP contribution < -0.4 is 5.73 Å². The van der Waals surface area contributed by atoms with E-state index in [-0.39, 0.29) is 0 Å². The average molecular weight is 227 g/mol. The number of benzene rings is 1. The van der Waals surface area contributed by atoms with Crippen molar-refractivity contribution in [3.05, 3.63) is 41.5 Å². The Morgan fingerprint density at radius 3 is 2.41 bits per heavy atom. The van der Waals surface area contributed by atoms with Crippen molar-refractivity contribution in [2.75, 3.05) is 5.73 Å². The highest BCUT2D eigenvalue weighted by Crippen LogP contribution is 2.25. The van der Waals surface area contributed by atoms with E-state index in [9.17, 15) is 0 Å². The van der Waals surface area contributed by atoms with Gasteiger partial charge in [0.25, 0.3) is 0 Å². The summed E-state index contributed by atoms with van der Waals surface area (Å²) in [5.41, 5.74) is 10.1. The number of aromatic nitrogens is 2. The van der Waals surface area contributed by atoms with Gasteiger partial charge in [-0.25, -0.2) is 0 Å². The van der Waals surface area contributed by atoms with E-state index in [1.54, 1.807) is 6.07 Å². The molecule has 0 unspecified atom stereocenters. The molecule has 0 aliphatic carbocycles. The van der Waals surface area contributed by atoms with E-state index in [4.69, 9.17) is 5.73 Å². The van der Waals surface area contributed by atoms with E-state index in [0.717, 1.165) is 11.3 Å². The smallest absolute Gasteiger partial charge is 0.146 e. The molecule has 1 aromatic carbocycles. The number of rotatable bonds is 2. The standard InChI is InChI=1S/C14H17N3/c1-9(2)11-5-4-10(3)12(8-11)13-6-7-14(15)17-16-13/h4-9H,1-3H3,(H2,15,17). The molecular formula is C14H17N3. The highest BCUT2D eigenvalue weighted by atomic mass is 15.1. The van der Waals surface area contributed by atoms with Gasteiger partial charge in [-0.1, -0.05) is 26.0 Å². The molecule has 3 nitrogen and oxygen atoms in total. The average Bonchev–Trinajstić information content (AvgIpc) is 2.31. The summed E-state index contributed by atoms with van der Waals surface area (Å²) in [6.45, 7) is 6.45. The summed E-state index contributed by atoms with van der Waals surface area (Å²) in [6.07, 6.45) is 0. The van der Waals surface area contributed by atoms with Crippen LogP contribution in [0.1, 0.15) is 30.9 Å². The van der Waals surface area contributed by atoms with Crippen molar-refractivity contribution in [2.45, 2.75) is 26.7 Å². The van der Waals surface area contributed by atoms with E-state index in [2.05, 4.69) is 49.2 Å². The molecule has 2 N–H and O–H groups in total. The number of hydrogen-bond acceptors (Lipinski definition) is 3.